The second kappa shape index (κ2) is 6.00. The van der Waals surface area contributed by atoms with Gasteiger partial charge in [-0.2, -0.15) is 0 Å². The monoisotopic (exact) mass is 308 g/mol. The van der Waals surface area contributed by atoms with E-state index in [4.69, 9.17) is 27.9 Å². The molecule has 1 aromatic heterocycles. The van der Waals surface area contributed by atoms with Crippen LogP contribution in [0, 0.1) is 0 Å². The van der Waals surface area contributed by atoms with Gasteiger partial charge in [0.25, 0.3) is 0 Å². The van der Waals surface area contributed by atoms with Gasteiger partial charge in [-0.05, 0) is 29.8 Å². The standard InChI is InChI=1S/C15H14Cl2N2O/c16-12-3-1-11(2-4-12)14-10-19(7-8-20-14)13-5-6-18-15(17)9-13/h1-6,9,14H,7-8,10H2. The van der Waals surface area contributed by atoms with Gasteiger partial charge in [-0.1, -0.05) is 35.3 Å². The van der Waals surface area contributed by atoms with Gasteiger partial charge in [0.05, 0.1) is 6.61 Å². The molecule has 1 aliphatic heterocycles. The molecule has 1 aromatic carbocycles. The van der Waals surface area contributed by atoms with Crippen molar-refractivity contribution in [2.75, 3.05) is 24.6 Å². The molecule has 0 N–H and O–H groups in total. The highest BCUT2D eigenvalue weighted by Gasteiger charge is 2.22. The second-order valence-electron chi connectivity index (χ2n) is 4.69. The number of hydrogen-bond donors (Lipinski definition) is 0. The molecule has 2 heterocycles. The van der Waals surface area contributed by atoms with Crippen LogP contribution >= 0.6 is 23.2 Å². The largest absolute Gasteiger partial charge is 0.370 e. The minimum Gasteiger partial charge on any atom is -0.370 e. The number of rotatable bonds is 2. The molecule has 1 unspecified atom stereocenters. The van der Waals surface area contributed by atoms with E-state index in [2.05, 4.69) is 9.88 Å². The molecular weight excluding hydrogens is 295 g/mol. The molecule has 1 fully saturated rings. The summed E-state index contributed by atoms with van der Waals surface area (Å²) in [7, 11) is 0. The fourth-order valence-electron chi connectivity index (χ4n) is 2.35. The van der Waals surface area contributed by atoms with E-state index in [0.29, 0.717) is 11.8 Å². The van der Waals surface area contributed by atoms with Crippen molar-refractivity contribution in [3.05, 3.63) is 58.3 Å². The lowest BCUT2D eigenvalue weighted by atomic mass is 10.1. The molecule has 20 heavy (non-hydrogen) atoms. The molecular formula is C15H14Cl2N2O. The third kappa shape index (κ3) is 3.06. The number of benzene rings is 1. The minimum absolute atomic E-state index is 0.0490. The summed E-state index contributed by atoms with van der Waals surface area (Å²) in [5.41, 5.74) is 2.21. The van der Waals surface area contributed by atoms with Crippen LogP contribution in [-0.2, 0) is 4.74 Å². The van der Waals surface area contributed by atoms with Crippen molar-refractivity contribution in [1.82, 2.24) is 4.98 Å². The Bertz CT molecular complexity index is 589. The van der Waals surface area contributed by atoms with Crippen molar-refractivity contribution in [3.8, 4) is 0 Å². The topological polar surface area (TPSA) is 25.4 Å². The van der Waals surface area contributed by atoms with Crippen LogP contribution in [0.15, 0.2) is 42.6 Å². The number of ether oxygens (including phenoxy) is 1. The zero-order chi connectivity index (χ0) is 13.9. The summed E-state index contributed by atoms with van der Waals surface area (Å²) in [5, 5.41) is 1.25. The SMILES string of the molecule is Clc1ccc(C2CN(c3ccnc(Cl)c3)CCO2)cc1. The van der Waals surface area contributed by atoms with Gasteiger partial charge in [0.15, 0.2) is 0 Å². The predicted octanol–water partition coefficient (Wildman–Crippen LogP) is 3.97. The summed E-state index contributed by atoms with van der Waals surface area (Å²) in [6, 6.07) is 11.7. The lowest BCUT2D eigenvalue weighted by molar-refractivity contribution is 0.0398. The number of aromatic nitrogens is 1. The molecule has 0 radical (unpaired) electrons. The molecule has 1 aliphatic rings. The average molecular weight is 309 g/mol. The number of pyridine rings is 1. The molecule has 0 spiro atoms. The number of anilines is 1. The molecule has 1 saturated heterocycles. The van der Waals surface area contributed by atoms with Gasteiger partial charge in [0, 0.05) is 30.0 Å². The Kier molecular flexibility index (Phi) is 4.10. The van der Waals surface area contributed by atoms with Crippen LogP contribution in [0.3, 0.4) is 0 Å². The van der Waals surface area contributed by atoms with Crippen LogP contribution in [0.1, 0.15) is 11.7 Å². The zero-order valence-electron chi connectivity index (χ0n) is 10.8. The maximum Gasteiger partial charge on any atom is 0.131 e. The highest BCUT2D eigenvalue weighted by molar-refractivity contribution is 6.30. The quantitative estimate of drug-likeness (QED) is 0.785. The van der Waals surface area contributed by atoms with Crippen molar-refractivity contribution in [3.63, 3.8) is 0 Å². The molecule has 2 aromatic rings. The van der Waals surface area contributed by atoms with Crippen LogP contribution < -0.4 is 4.90 Å². The van der Waals surface area contributed by atoms with Crippen LogP contribution in [-0.4, -0.2) is 24.7 Å². The van der Waals surface area contributed by atoms with Crippen molar-refractivity contribution in [2.45, 2.75) is 6.10 Å². The number of morpholine rings is 1. The summed E-state index contributed by atoms with van der Waals surface area (Å²) in [6.07, 6.45) is 1.78. The maximum absolute atomic E-state index is 5.95. The number of halogens is 2. The van der Waals surface area contributed by atoms with Crippen molar-refractivity contribution >= 4 is 28.9 Å². The van der Waals surface area contributed by atoms with Crippen molar-refractivity contribution in [2.24, 2.45) is 0 Å². The zero-order valence-corrected chi connectivity index (χ0v) is 12.3. The van der Waals surface area contributed by atoms with Gasteiger partial charge >= 0.3 is 0 Å². The first-order valence-electron chi connectivity index (χ1n) is 6.46. The lowest BCUT2D eigenvalue weighted by Gasteiger charge is -2.34. The Morgan fingerprint density at radius 3 is 2.70 bits per heavy atom. The molecule has 0 saturated carbocycles. The molecule has 1 atom stereocenters. The first kappa shape index (κ1) is 13.7. The molecule has 104 valence electrons. The van der Waals surface area contributed by atoms with E-state index in [0.717, 1.165) is 29.4 Å². The van der Waals surface area contributed by atoms with Gasteiger partial charge in [0.1, 0.15) is 11.3 Å². The third-order valence-corrected chi connectivity index (χ3v) is 3.84. The fraction of sp³-hybridized carbons (Fsp3) is 0.267. The van der Waals surface area contributed by atoms with Crippen molar-refractivity contribution in [1.29, 1.82) is 0 Å². The highest BCUT2D eigenvalue weighted by atomic mass is 35.5. The van der Waals surface area contributed by atoms with E-state index in [9.17, 15) is 0 Å². The lowest BCUT2D eigenvalue weighted by Crippen LogP contribution is -2.38. The van der Waals surface area contributed by atoms with Crippen molar-refractivity contribution < 1.29 is 4.74 Å². The van der Waals surface area contributed by atoms with Gasteiger partial charge in [0.2, 0.25) is 0 Å². The maximum atomic E-state index is 5.95. The Morgan fingerprint density at radius 1 is 1.15 bits per heavy atom. The first-order chi connectivity index (χ1) is 9.72. The van der Waals surface area contributed by atoms with E-state index in [-0.39, 0.29) is 6.10 Å². The molecule has 0 amide bonds. The molecule has 0 aliphatic carbocycles. The number of nitrogens with zero attached hydrogens (tertiary/aromatic N) is 2. The van der Waals surface area contributed by atoms with Crippen LogP contribution in [0.4, 0.5) is 5.69 Å². The summed E-state index contributed by atoms with van der Waals surface area (Å²) in [6.45, 7) is 2.33. The van der Waals surface area contributed by atoms with Crippen LogP contribution in [0.25, 0.3) is 0 Å². The third-order valence-electron chi connectivity index (χ3n) is 3.38. The predicted molar refractivity (Wildman–Crippen MR) is 81.6 cm³/mol. The normalized spacial score (nSPS) is 19.1. The fourth-order valence-corrected chi connectivity index (χ4v) is 2.65. The van der Waals surface area contributed by atoms with Crippen LogP contribution in [0.2, 0.25) is 10.2 Å². The molecule has 0 bridgehead atoms. The molecule has 3 nitrogen and oxygen atoms in total. The summed E-state index contributed by atoms with van der Waals surface area (Å²) < 4.78 is 5.85. The molecule has 3 rings (SSSR count). The Hall–Kier alpha value is -1.29. The van der Waals surface area contributed by atoms with E-state index < -0.39 is 0 Å². The Morgan fingerprint density at radius 2 is 1.95 bits per heavy atom. The minimum atomic E-state index is 0.0490. The van der Waals surface area contributed by atoms with Crippen LogP contribution in [0.5, 0.6) is 0 Å². The Balaban J connectivity index is 1.78. The Labute approximate surface area is 128 Å². The van der Waals surface area contributed by atoms with Gasteiger partial charge in [-0.25, -0.2) is 4.98 Å². The van der Waals surface area contributed by atoms with E-state index in [1.165, 1.54) is 0 Å². The van der Waals surface area contributed by atoms with Gasteiger partial charge in [-0.15, -0.1) is 0 Å². The van der Waals surface area contributed by atoms with E-state index >= 15 is 0 Å². The summed E-state index contributed by atoms with van der Waals surface area (Å²) in [5.74, 6) is 0. The average Bonchev–Trinajstić information content (AvgIpc) is 2.48. The summed E-state index contributed by atoms with van der Waals surface area (Å²) >= 11 is 11.9. The second-order valence-corrected chi connectivity index (χ2v) is 5.52. The smallest absolute Gasteiger partial charge is 0.131 e. The molecule has 5 heteroatoms. The van der Waals surface area contributed by atoms with E-state index in [1.54, 1.807) is 6.20 Å². The van der Waals surface area contributed by atoms with Gasteiger partial charge < -0.3 is 9.64 Å². The number of hydrogen-bond acceptors (Lipinski definition) is 3. The van der Waals surface area contributed by atoms with E-state index in [1.807, 2.05) is 36.4 Å². The summed E-state index contributed by atoms with van der Waals surface area (Å²) in [4.78, 5) is 6.27. The first-order valence-corrected chi connectivity index (χ1v) is 7.21. The highest BCUT2D eigenvalue weighted by Crippen LogP contribution is 2.27. The van der Waals surface area contributed by atoms with Gasteiger partial charge in [-0.3, -0.25) is 0 Å².